The third-order valence-electron chi connectivity index (χ3n) is 3.16. The summed E-state index contributed by atoms with van der Waals surface area (Å²) in [5, 5.41) is 0.602. The highest BCUT2D eigenvalue weighted by molar-refractivity contribution is 6.03. The largest absolute Gasteiger partial charge is 0.347 e. The first-order valence-electron chi connectivity index (χ1n) is 6.86. The van der Waals surface area contributed by atoms with E-state index in [1.807, 2.05) is 11.9 Å². The topological polar surface area (TPSA) is 66.9 Å². The molecule has 2 amide bonds. The van der Waals surface area contributed by atoms with Crippen molar-refractivity contribution in [1.29, 1.82) is 0 Å². The van der Waals surface area contributed by atoms with Crippen LogP contribution < -0.4 is 0 Å². The molecule has 1 fully saturated rings. The number of rotatable bonds is 5. The number of hydrogen-bond donors (Lipinski definition) is 0. The van der Waals surface area contributed by atoms with Gasteiger partial charge in [-0.25, -0.2) is 4.79 Å². The zero-order valence-electron chi connectivity index (χ0n) is 12.9. The van der Waals surface area contributed by atoms with E-state index in [2.05, 4.69) is 20.8 Å². The van der Waals surface area contributed by atoms with Gasteiger partial charge in [0.05, 0.1) is 6.54 Å². The quantitative estimate of drug-likeness (QED) is 0.710. The Morgan fingerprint density at radius 2 is 2.00 bits per heavy atom. The third-order valence-corrected chi connectivity index (χ3v) is 3.16. The van der Waals surface area contributed by atoms with Crippen molar-refractivity contribution in [3.8, 4) is 0 Å². The van der Waals surface area contributed by atoms with Crippen LogP contribution in [-0.4, -0.2) is 47.9 Å². The summed E-state index contributed by atoms with van der Waals surface area (Å²) in [5.74, 6) is -1.89. The summed E-state index contributed by atoms with van der Waals surface area (Å²) in [7, 11) is 1.81. The van der Waals surface area contributed by atoms with E-state index in [0.29, 0.717) is 5.06 Å². The molecule has 0 aliphatic carbocycles. The van der Waals surface area contributed by atoms with Gasteiger partial charge in [0, 0.05) is 12.3 Å². The second kappa shape index (κ2) is 6.35. The maximum atomic E-state index is 11.7. The van der Waals surface area contributed by atoms with Gasteiger partial charge in [0.15, 0.2) is 0 Å². The number of imide groups is 1. The Kier molecular flexibility index (Phi) is 5.28. The van der Waals surface area contributed by atoms with Gasteiger partial charge in [-0.3, -0.25) is 14.5 Å². The smallest absolute Gasteiger partial charge is 0.329 e. The molecule has 0 spiro atoms. The molecule has 0 saturated carbocycles. The molecule has 0 aromatic rings. The Bertz CT molecular complexity index is 400. The molecular weight excluding hydrogens is 260 g/mol. The van der Waals surface area contributed by atoms with E-state index < -0.39 is 23.7 Å². The Morgan fingerprint density at radius 1 is 1.40 bits per heavy atom. The molecule has 6 heteroatoms. The maximum Gasteiger partial charge on any atom is 0.347 e. The summed E-state index contributed by atoms with van der Waals surface area (Å²) in [4.78, 5) is 41.5. The zero-order chi connectivity index (χ0) is 15.5. The molecule has 0 bridgehead atoms. The van der Waals surface area contributed by atoms with Gasteiger partial charge in [0.2, 0.25) is 0 Å². The molecule has 0 radical (unpaired) electrons. The first kappa shape index (κ1) is 16.6. The molecule has 0 aromatic heterocycles. The van der Waals surface area contributed by atoms with Crippen molar-refractivity contribution in [2.24, 2.45) is 11.3 Å². The van der Waals surface area contributed by atoms with Crippen LogP contribution in [0.1, 0.15) is 40.5 Å². The van der Waals surface area contributed by atoms with E-state index in [0.717, 1.165) is 13.0 Å². The second-order valence-electron chi connectivity index (χ2n) is 6.64. The fourth-order valence-electron chi connectivity index (χ4n) is 1.81. The van der Waals surface area contributed by atoms with Crippen molar-refractivity contribution >= 4 is 17.8 Å². The molecule has 20 heavy (non-hydrogen) atoms. The van der Waals surface area contributed by atoms with Crippen molar-refractivity contribution in [1.82, 2.24) is 9.96 Å². The summed E-state index contributed by atoms with van der Waals surface area (Å²) in [6.45, 7) is 8.83. The van der Waals surface area contributed by atoms with Crippen molar-refractivity contribution < 1.29 is 19.2 Å². The molecule has 114 valence electrons. The van der Waals surface area contributed by atoms with Gasteiger partial charge in [-0.05, 0) is 25.4 Å². The SMILES string of the molecule is CC1CC(=O)N(OC(=O)CN(C)CCC(C)(C)C)C1=O. The predicted molar refractivity (Wildman–Crippen MR) is 73.3 cm³/mol. The lowest BCUT2D eigenvalue weighted by molar-refractivity contribution is -0.198. The molecule has 1 aliphatic heterocycles. The summed E-state index contributed by atoms with van der Waals surface area (Å²) in [5.41, 5.74) is 0.189. The summed E-state index contributed by atoms with van der Waals surface area (Å²) < 4.78 is 0. The highest BCUT2D eigenvalue weighted by Crippen LogP contribution is 2.20. The molecular formula is C14H24N2O4. The number of likely N-dealkylation sites (N-methyl/N-ethyl adjacent to an activating group) is 1. The van der Waals surface area contributed by atoms with E-state index in [-0.39, 0.29) is 18.4 Å². The average Bonchev–Trinajstić information content (AvgIpc) is 2.52. The zero-order valence-corrected chi connectivity index (χ0v) is 12.9. The van der Waals surface area contributed by atoms with Crippen LogP contribution in [0, 0.1) is 11.3 Å². The van der Waals surface area contributed by atoms with Gasteiger partial charge >= 0.3 is 5.97 Å². The third kappa shape index (κ3) is 4.92. The molecule has 1 saturated heterocycles. The van der Waals surface area contributed by atoms with Crippen LogP contribution in [0.2, 0.25) is 0 Å². The molecule has 0 N–H and O–H groups in total. The number of amides is 2. The predicted octanol–water partition coefficient (Wildman–Crippen LogP) is 1.21. The lowest BCUT2D eigenvalue weighted by Gasteiger charge is -2.23. The minimum Gasteiger partial charge on any atom is -0.329 e. The molecule has 1 unspecified atom stereocenters. The highest BCUT2D eigenvalue weighted by Gasteiger charge is 2.38. The first-order valence-corrected chi connectivity index (χ1v) is 6.86. The van der Waals surface area contributed by atoms with E-state index in [1.165, 1.54) is 0 Å². The van der Waals surface area contributed by atoms with Crippen LogP contribution >= 0.6 is 0 Å². The van der Waals surface area contributed by atoms with E-state index >= 15 is 0 Å². The van der Waals surface area contributed by atoms with E-state index in [9.17, 15) is 14.4 Å². The van der Waals surface area contributed by atoms with Gasteiger partial charge in [-0.2, -0.15) is 0 Å². The number of hydroxylamine groups is 2. The van der Waals surface area contributed by atoms with Crippen LogP contribution in [0.25, 0.3) is 0 Å². The molecule has 6 nitrogen and oxygen atoms in total. The van der Waals surface area contributed by atoms with Crippen LogP contribution in [0.5, 0.6) is 0 Å². The fraction of sp³-hybridized carbons (Fsp3) is 0.786. The van der Waals surface area contributed by atoms with Crippen molar-refractivity contribution in [2.75, 3.05) is 20.1 Å². The van der Waals surface area contributed by atoms with E-state index in [4.69, 9.17) is 4.84 Å². The van der Waals surface area contributed by atoms with Crippen LogP contribution in [0.3, 0.4) is 0 Å². The van der Waals surface area contributed by atoms with Gasteiger partial charge in [0.25, 0.3) is 11.8 Å². The molecule has 1 atom stereocenters. The Hall–Kier alpha value is -1.43. The lowest BCUT2D eigenvalue weighted by atomic mass is 9.92. The fourth-order valence-corrected chi connectivity index (χ4v) is 1.81. The normalized spacial score (nSPS) is 19.9. The number of hydrogen-bond acceptors (Lipinski definition) is 5. The molecule has 1 aliphatic rings. The van der Waals surface area contributed by atoms with E-state index in [1.54, 1.807) is 6.92 Å². The number of carbonyl (C=O) groups excluding carboxylic acids is 3. The summed E-state index contributed by atoms with van der Waals surface area (Å²) >= 11 is 0. The minimum absolute atomic E-state index is 0.0571. The van der Waals surface area contributed by atoms with Gasteiger partial charge < -0.3 is 4.84 Å². The number of nitrogens with zero attached hydrogens (tertiary/aromatic N) is 2. The first-order chi connectivity index (χ1) is 9.10. The summed E-state index contributed by atoms with van der Waals surface area (Å²) in [6, 6.07) is 0. The van der Waals surface area contributed by atoms with Crippen LogP contribution in [0.4, 0.5) is 0 Å². The van der Waals surface area contributed by atoms with Crippen LogP contribution in [-0.2, 0) is 19.2 Å². The Labute approximate surface area is 120 Å². The minimum atomic E-state index is -0.586. The number of carbonyl (C=O) groups is 3. The lowest BCUT2D eigenvalue weighted by Crippen LogP contribution is -2.37. The molecule has 1 heterocycles. The average molecular weight is 284 g/mol. The monoisotopic (exact) mass is 284 g/mol. The van der Waals surface area contributed by atoms with Crippen molar-refractivity contribution in [3.05, 3.63) is 0 Å². The standard InChI is InChI=1S/C14H24N2O4/c1-10-8-11(17)16(13(10)19)20-12(18)9-15(5)7-6-14(2,3)4/h10H,6-9H2,1-5H3. The van der Waals surface area contributed by atoms with Crippen LogP contribution in [0.15, 0.2) is 0 Å². The van der Waals surface area contributed by atoms with Crippen molar-refractivity contribution in [2.45, 2.75) is 40.5 Å². The van der Waals surface area contributed by atoms with Crippen molar-refractivity contribution in [3.63, 3.8) is 0 Å². The maximum absolute atomic E-state index is 11.7. The second-order valence-corrected chi connectivity index (χ2v) is 6.64. The summed E-state index contributed by atoms with van der Waals surface area (Å²) in [6.07, 6.45) is 1.04. The van der Waals surface area contributed by atoms with Gasteiger partial charge in [-0.15, -0.1) is 5.06 Å². The Balaban J connectivity index is 2.40. The van der Waals surface area contributed by atoms with Gasteiger partial charge in [-0.1, -0.05) is 27.7 Å². The molecule has 1 rings (SSSR count). The Morgan fingerprint density at radius 3 is 2.45 bits per heavy atom. The molecule has 0 aromatic carbocycles. The van der Waals surface area contributed by atoms with Gasteiger partial charge in [0.1, 0.15) is 0 Å². The highest BCUT2D eigenvalue weighted by atomic mass is 16.7.